The third-order valence-corrected chi connectivity index (χ3v) is 2.20. The van der Waals surface area contributed by atoms with Crippen LogP contribution in [-0.4, -0.2) is 32.9 Å². The molecule has 1 aromatic heterocycles. The molecule has 0 aliphatic heterocycles. The Kier molecular flexibility index (Phi) is 5.05. The van der Waals surface area contributed by atoms with E-state index in [1.165, 1.54) is 12.5 Å². The van der Waals surface area contributed by atoms with Crippen molar-refractivity contribution in [2.75, 3.05) is 5.01 Å². The Morgan fingerprint density at radius 2 is 1.68 bits per heavy atom. The highest BCUT2D eigenvalue weighted by atomic mass is 16.6. The van der Waals surface area contributed by atoms with Crippen LogP contribution in [0.2, 0.25) is 0 Å². The van der Waals surface area contributed by atoms with Crippen LogP contribution in [0.4, 0.5) is 15.4 Å². The number of imidazole rings is 1. The normalized spacial score (nSPS) is 11.8. The first kappa shape index (κ1) is 17.8. The Hall–Kier alpha value is -2.25. The summed E-state index contributed by atoms with van der Waals surface area (Å²) in [6, 6.07) is 0. The van der Waals surface area contributed by atoms with E-state index in [9.17, 15) is 9.59 Å². The monoisotopic (exact) mass is 312 g/mol. The minimum absolute atomic E-state index is 0.347. The summed E-state index contributed by atoms with van der Waals surface area (Å²) in [5, 5.41) is 0.965. The third-order valence-electron chi connectivity index (χ3n) is 2.20. The zero-order valence-corrected chi connectivity index (χ0v) is 14.1. The zero-order chi connectivity index (χ0) is 17.1. The number of hydrazine groups is 1. The molecule has 0 fully saturated rings. The van der Waals surface area contributed by atoms with Crippen LogP contribution in [0.5, 0.6) is 0 Å². The number of amides is 2. The fourth-order valence-electron chi connectivity index (χ4n) is 1.46. The minimum Gasteiger partial charge on any atom is -0.443 e. The second-order valence-corrected chi connectivity index (χ2v) is 6.79. The molecule has 0 bridgehead atoms. The van der Waals surface area contributed by atoms with Gasteiger partial charge < -0.3 is 14.0 Å². The summed E-state index contributed by atoms with van der Waals surface area (Å²) >= 11 is 0. The van der Waals surface area contributed by atoms with Crippen LogP contribution in [0, 0.1) is 0 Å². The van der Waals surface area contributed by atoms with Crippen LogP contribution in [0.25, 0.3) is 0 Å². The summed E-state index contributed by atoms with van der Waals surface area (Å²) in [4.78, 5) is 28.2. The van der Waals surface area contributed by atoms with Crippen molar-refractivity contribution >= 4 is 18.0 Å². The Morgan fingerprint density at radius 3 is 2.09 bits per heavy atom. The summed E-state index contributed by atoms with van der Waals surface area (Å²) in [6.07, 6.45) is 1.44. The minimum atomic E-state index is -0.764. The number of carbonyl (C=O) groups is 2. The molecular formula is C14H24N4O4. The fraction of sp³-hybridized carbons (Fsp3) is 0.643. The van der Waals surface area contributed by atoms with Gasteiger partial charge in [-0.15, -0.1) is 0 Å². The highest BCUT2D eigenvalue weighted by Crippen LogP contribution is 2.16. The first-order chi connectivity index (χ1) is 9.89. The van der Waals surface area contributed by atoms with Gasteiger partial charge in [0.25, 0.3) is 0 Å². The second-order valence-electron chi connectivity index (χ2n) is 6.79. The molecule has 0 aliphatic rings. The van der Waals surface area contributed by atoms with Gasteiger partial charge in [-0.3, -0.25) is 0 Å². The van der Waals surface area contributed by atoms with Gasteiger partial charge in [-0.2, -0.15) is 5.01 Å². The number of rotatable bonds is 1. The summed E-state index contributed by atoms with van der Waals surface area (Å²) in [5.41, 5.74) is 0.987. The molecule has 1 aromatic rings. The Bertz CT molecular complexity index is 540. The first-order valence-electron chi connectivity index (χ1n) is 6.88. The molecule has 1 heterocycles. The van der Waals surface area contributed by atoms with Gasteiger partial charge in [0.2, 0.25) is 0 Å². The number of hydrogen-bond donors (Lipinski definition) is 1. The van der Waals surface area contributed by atoms with Crippen LogP contribution >= 0.6 is 0 Å². The average molecular weight is 312 g/mol. The lowest BCUT2D eigenvalue weighted by atomic mass is 10.2. The summed E-state index contributed by atoms with van der Waals surface area (Å²) in [7, 11) is 1.69. The van der Waals surface area contributed by atoms with Gasteiger partial charge in [0.15, 0.2) is 5.82 Å². The molecule has 2 amide bonds. The molecule has 0 saturated carbocycles. The number of nitrogens with zero attached hydrogens (tertiary/aromatic N) is 3. The SMILES string of the molecule is Cn1cncc1N(NC(=O)OC(C)(C)C)C(=O)OC(C)(C)C. The fourth-order valence-corrected chi connectivity index (χ4v) is 1.46. The zero-order valence-electron chi connectivity index (χ0n) is 14.1. The molecule has 8 heteroatoms. The molecular weight excluding hydrogens is 288 g/mol. The van der Waals surface area contributed by atoms with Crippen molar-refractivity contribution in [2.24, 2.45) is 7.05 Å². The van der Waals surface area contributed by atoms with Crippen LogP contribution in [0.3, 0.4) is 0 Å². The smallest absolute Gasteiger partial charge is 0.435 e. The molecule has 124 valence electrons. The van der Waals surface area contributed by atoms with Gasteiger partial charge in [-0.05, 0) is 41.5 Å². The van der Waals surface area contributed by atoms with Gasteiger partial charge in [0.05, 0.1) is 12.5 Å². The molecule has 0 aliphatic carbocycles. The number of anilines is 1. The second kappa shape index (κ2) is 6.25. The Labute approximate surface area is 130 Å². The van der Waals surface area contributed by atoms with E-state index in [1.54, 1.807) is 53.2 Å². The molecule has 0 aromatic carbocycles. The number of hydrogen-bond acceptors (Lipinski definition) is 5. The highest BCUT2D eigenvalue weighted by molar-refractivity contribution is 5.89. The average Bonchev–Trinajstić information content (AvgIpc) is 2.67. The van der Waals surface area contributed by atoms with Gasteiger partial charge in [-0.25, -0.2) is 20.0 Å². The van der Waals surface area contributed by atoms with Crippen molar-refractivity contribution in [3.8, 4) is 0 Å². The molecule has 1 N–H and O–H groups in total. The molecule has 0 spiro atoms. The Balaban J connectivity index is 2.96. The predicted molar refractivity (Wildman–Crippen MR) is 81.3 cm³/mol. The first-order valence-corrected chi connectivity index (χ1v) is 6.88. The van der Waals surface area contributed by atoms with E-state index in [0.717, 1.165) is 5.01 Å². The van der Waals surface area contributed by atoms with E-state index >= 15 is 0 Å². The van der Waals surface area contributed by atoms with Crippen molar-refractivity contribution in [3.05, 3.63) is 12.5 Å². The molecule has 0 saturated heterocycles. The summed E-state index contributed by atoms with van der Waals surface area (Å²) < 4.78 is 12.0. The molecule has 8 nitrogen and oxygen atoms in total. The summed E-state index contributed by atoms with van der Waals surface area (Å²) in [6.45, 7) is 10.4. The van der Waals surface area contributed by atoms with Crippen molar-refractivity contribution < 1.29 is 19.1 Å². The van der Waals surface area contributed by atoms with E-state index < -0.39 is 23.4 Å². The number of aryl methyl sites for hydroxylation is 1. The van der Waals surface area contributed by atoms with E-state index in [4.69, 9.17) is 9.47 Å². The largest absolute Gasteiger partial charge is 0.443 e. The van der Waals surface area contributed by atoms with Crippen LogP contribution < -0.4 is 10.4 Å². The Morgan fingerprint density at radius 1 is 1.14 bits per heavy atom. The van der Waals surface area contributed by atoms with Crippen molar-refractivity contribution in [1.82, 2.24) is 15.0 Å². The van der Waals surface area contributed by atoms with Crippen molar-refractivity contribution in [2.45, 2.75) is 52.7 Å². The number of aromatic nitrogens is 2. The van der Waals surface area contributed by atoms with Gasteiger partial charge in [0, 0.05) is 7.05 Å². The quantitative estimate of drug-likeness (QED) is 0.806. The molecule has 1 rings (SSSR count). The topological polar surface area (TPSA) is 85.7 Å². The predicted octanol–water partition coefficient (Wildman–Crippen LogP) is 2.60. The maximum atomic E-state index is 12.3. The number of ether oxygens (including phenoxy) is 2. The van der Waals surface area contributed by atoms with Crippen molar-refractivity contribution in [3.63, 3.8) is 0 Å². The lowest BCUT2D eigenvalue weighted by molar-refractivity contribution is 0.0423. The van der Waals surface area contributed by atoms with E-state index in [-0.39, 0.29) is 0 Å². The van der Waals surface area contributed by atoms with Gasteiger partial charge in [0.1, 0.15) is 11.2 Å². The number of carbonyl (C=O) groups excluding carboxylic acids is 2. The standard InChI is InChI=1S/C14H24N4O4/c1-13(2,3)21-11(19)16-18(10-8-15-9-17(10)7)12(20)22-14(4,5)6/h8-9H,1-7H3,(H,16,19). The highest BCUT2D eigenvalue weighted by Gasteiger charge is 2.28. The molecule has 0 unspecified atom stereocenters. The maximum Gasteiger partial charge on any atom is 0.435 e. The lowest BCUT2D eigenvalue weighted by Gasteiger charge is -2.28. The van der Waals surface area contributed by atoms with E-state index in [2.05, 4.69) is 10.4 Å². The van der Waals surface area contributed by atoms with E-state index in [0.29, 0.717) is 5.82 Å². The molecule has 0 radical (unpaired) electrons. The van der Waals surface area contributed by atoms with Crippen LogP contribution in [-0.2, 0) is 16.5 Å². The molecule has 22 heavy (non-hydrogen) atoms. The number of nitrogens with one attached hydrogen (secondary N) is 1. The van der Waals surface area contributed by atoms with Gasteiger partial charge >= 0.3 is 12.2 Å². The third kappa shape index (κ3) is 5.63. The molecule has 0 atom stereocenters. The van der Waals surface area contributed by atoms with Gasteiger partial charge in [-0.1, -0.05) is 0 Å². The lowest BCUT2D eigenvalue weighted by Crippen LogP contribution is -2.50. The van der Waals surface area contributed by atoms with Crippen molar-refractivity contribution in [1.29, 1.82) is 0 Å². The van der Waals surface area contributed by atoms with Crippen LogP contribution in [0.1, 0.15) is 41.5 Å². The van der Waals surface area contributed by atoms with Crippen LogP contribution in [0.15, 0.2) is 12.5 Å². The van der Waals surface area contributed by atoms with E-state index in [1.807, 2.05) is 0 Å². The summed E-state index contributed by atoms with van der Waals surface area (Å²) in [5.74, 6) is 0.347. The maximum absolute atomic E-state index is 12.3.